The standard InChI is InChI=1S/C28H23N3O/c1-19-30-27(22-15-16-22)26(28(32)31(19)24-8-3-2-4-9-24)17-20-11-13-21(14-12-20)25-10-6-5-7-23(25)18-29/h2-14,22H,15-17H2,1H3. The van der Waals surface area contributed by atoms with Crippen LogP contribution in [0.2, 0.25) is 0 Å². The molecular formula is C28H23N3O. The van der Waals surface area contributed by atoms with Crippen LogP contribution in [0, 0.1) is 18.3 Å². The van der Waals surface area contributed by atoms with E-state index in [2.05, 4.69) is 6.07 Å². The molecule has 0 unspecified atom stereocenters. The number of hydrogen-bond donors (Lipinski definition) is 0. The number of hydrogen-bond acceptors (Lipinski definition) is 3. The van der Waals surface area contributed by atoms with E-state index in [1.54, 1.807) is 4.57 Å². The number of aryl methyl sites for hydroxylation is 1. The van der Waals surface area contributed by atoms with Crippen LogP contribution in [0.3, 0.4) is 0 Å². The van der Waals surface area contributed by atoms with Gasteiger partial charge in [0.15, 0.2) is 0 Å². The molecule has 1 aliphatic rings. The molecule has 0 saturated heterocycles. The zero-order chi connectivity index (χ0) is 22.1. The highest BCUT2D eigenvalue weighted by Crippen LogP contribution is 2.40. The lowest BCUT2D eigenvalue weighted by atomic mass is 9.97. The molecule has 1 aromatic heterocycles. The first kappa shape index (κ1) is 20.0. The summed E-state index contributed by atoms with van der Waals surface area (Å²) in [6.07, 6.45) is 2.74. The summed E-state index contributed by atoms with van der Waals surface area (Å²) < 4.78 is 1.72. The van der Waals surface area contributed by atoms with Gasteiger partial charge < -0.3 is 0 Å². The second-order valence-electron chi connectivity index (χ2n) is 8.30. The molecule has 0 amide bonds. The van der Waals surface area contributed by atoms with Gasteiger partial charge in [-0.25, -0.2) is 4.98 Å². The van der Waals surface area contributed by atoms with E-state index < -0.39 is 0 Å². The van der Waals surface area contributed by atoms with E-state index in [1.165, 1.54) is 0 Å². The second-order valence-corrected chi connectivity index (χ2v) is 8.30. The lowest BCUT2D eigenvalue weighted by Crippen LogP contribution is -2.28. The minimum Gasteiger partial charge on any atom is -0.269 e. The number of para-hydroxylation sites is 1. The molecule has 0 atom stereocenters. The van der Waals surface area contributed by atoms with Gasteiger partial charge in [-0.1, -0.05) is 60.7 Å². The molecule has 0 aliphatic heterocycles. The second kappa shape index (κ2) is 8.28. The number of benzene rings is 3. The smallest absolute Gasteiger partial charge is 0.261 e. The maximum absolute atomic E-state index is 13.6. The van der Waals surface area contributed by atoms with Crippen LogP contribution in [0.25, 0.3) is 16.8 Å². The van der Waals surface area contributed by atoms with Gasteiger partial charge >= 0.3 is 0 Å². The van der Waals surface area contributed by atoms with Crippen molar-refractivity contribution in [3.63, 3.8) is 0 Å². The molecule has 4 nitrogen and oxygen atoms in total. The Morgan fingerprint density at radius 3 is 2.34 bits per heavy atom. The largest absolute Gasteiger partial charge is 0.269 e. The highest BCUT2D eigenvalue weighted by atomic mass is 16.1. The van der Waals surface area contributed by atoms with Gasteiger partial charge in [0.05, 0.1) is 23.0 Å². The van der Waals surface area contributed by atoms with E-state index in [1.807, 2.05) is 85.8 Å². The van der Waals surface area contributed by atoms with Crippen LogP contribution in [-0.4, -0.2) is 9.55 Å². The van der Waals surface area contributed by atoms with Crippen molar-refractivity contribution in [2.45, 2.75) is 32.1 Å². The average molecular weight is 418 g/mol. The number of nitrogens with zero attached hydrogens (tertiary/aromatic N) is 3. The summed E-state index contributed by atoms with van der Waals surface area (Å²) in [6.45, 7) is 1.91. The SMILES string of the molecule is Cc1nc(C2CC2)c(Cc2ccc(-c3ccccc3C#N)cc2)c(=O)n1-c1ccccc1. The molecule has 0 bridgehead atoms. The van der Waals surface area contributed by atoms with Crippen LogP contribution in [0.5, 0.6) is 0 Å². The summed E-state index contributed by atoms with van der Waals surface area (Å²) in [5.74, 6) is 1.12. The fourth-order valence-electron chi connectivity index (χ4n) is 4.26. The third-order valence-electron chi connectivity index (χ3n) is 6.05. The molecule has 0 N–H and O–H groups in total. The zero-order valence-electron chi connectivity index (χ0n) is 18.0. The molecule has 5 rings (SSSR count). The molecule has 1 heterocycles. The van der Waals surface area contributed by atoms with Gasteiger partial charge in [-0.3, -0.25) is 9.36 Å². The Bertz CT molecular complexity index is 1380. The first-order valence-corrected chi connectivity index (χ1v) is 10.9. The van der Waals surface area contributed by atoms with Crippen molar-refractivity contribution in [2.24, 2.45) is 0 Å². The number of rotatable bonds is 5. The molecule has 0 radical (unpaired) electrons. The first-order valence-electron chi connectivity index (χ1n) is 10.9. The van der Waals surface area contributed by atoms with E-state index in [4.69, 9.17) is 4.98 Å². The summed E-state index contributed by atoms with van der Waals surface area (Å²) in [5, 5.41) is 9.40. The molecule has 4 heteroatoms. The molecule has 156 valence electrons. The minimum absolute atomic E-state index is 0.0181. The predicted octanol–water partition coefficient (Wildman–Crippen LogP) is 5.55. The van der Waals surface area contributed by atoms with Gasteiger partial charge in [0, 0.05) is 17.9 Å². The van der Waals surface area contributed by atoms with Gasteiger partial charge in [-0.15, -0.1) is 0 Å². The predicted molar refractivity (Wildman–Crippen MR) is 126 cm³/mol. The summed E-state index contributed by atoms with van der Waals surface area (Å²) in [5.41, 5.74) is 6.24. The molecular weight excluding hydrogens is 394 g/mol. The fraction of sp³-hybridized carbons (Fsp3) is 0.179. The maximum Gasteiger partial charge on any atom is 0.261 e. The summed E-state index contributed by atoms with van der Waals surface area (Å²) in [4.78, 5) is 18.5. The van der Waals surface area contributed by atoms with Crippen molar-refractivity contribution in [3.05, 3.63) is 117 Å². The quantitative estimate of drug-likeness (QED) is 0.428. The molecule has 1 fully saturated rings. The van der Waals surface area contributed by atoms with E-state index >= 15 is 0 Å². The molecule has 1 aliphatic carbocycles. The lowest BCUT2D eigenvalue weighted by molar-refractivity contribution is 0.799. The minimum atomic E-state index is 0.0181. The van der Waals surface area contributed by atoms with E-state index in [0.717, 1.165) is 52.3 Å². The molecule has 1 saturated carbocycles. The number of aromatic nitrogens is 2. The molecule has 32 heavy (non-hydrogen) atoms. The Hall–Kier alpha value is -3.97. The third-order valence-corrected chi connectivity index (χ3v) is 6.05. The van der Waals surface area contributed by atoms with Crippen LogP contribution in [-0.2, 0) is 6.42 Å². The summed E-state index contributed by atoms with van der Waals surface area (Å²) in [6, 6.07) is 27.7. The highest BCUT2D eigenvalue weighted by molar-refractivity contribution is 5.70. The fourth-order valence-corrected chi connectivity index (χ4v) is 4.26. The van der Waals surface area contributed by atoms with Crippen molar-refractivity contribution in [1.29, 1.82) is 5.26 Å². The summed E-state index contributed by atoms with van der Waals surface area (Å²) in [7, 11) is 0. The van der Waals surface area contributed by atoms with Crippen molar-refractivity contribution in [1.82, 2.24) is 9.55 Å². The van der Waals surface area contributed by atoms with E-state index in [0.29, 0.717) is 17.9 Å². The van der Waals surface area contributed by atoms with Crippen molar-refractivity contribution in [2.75, 3.05) is 0 Å². The van der Waals surface area contributed by atoms with Crippen molar-refractivity contribution < 1.29 is 0 Å². The van der Waals surface area contributed by atoms with Gasteiger partial charge in [0.2, 0.25) is 0 Å². The summed E-state index contributed by atoms with van der Waals surface area (Å²) >= 11 is 0. The Kier molecular flexibility index (Phi) is 5.17. The van der Waals surface area contributed by atoms with Crippen LogP contribution >= 0.6 is 0 Å². The van der Waals surface area contributed by atoms with Gasteiger partial charge in [0.1, 0.15) is 5.82 Å². The van der Waals surface area contributed by atoms with Gasteiger partial charge in [-0.05, 0) is 54.7 Å². The van der Waals surface area contributed by atoms with Crippen LogP contribution < -0.4 is 5.56 Å². The Morgan fingerprint density at radius 2 is 1.66 bits per heavy atom. The monoisotopic (exact) mass is 417 g/mol. The Morgan fingerprint density at radius 1 is 0.969 bits per heavy atom. The van der Waals surface area contributed by atoms with Crippen molar-refractivity contribution in [3.8, 4) is 22.9 Å². The molecule has 4 aromatic rings. The Balaban J connectivity index is 1.54. The highest BCUT2D eigenvalue weighted by Gasteiger charge is 2.30. The Labute approximate surface area is 187 Å². The first-order chi connectivity index (χ1) is 15.7. The number of nitriles is 1. The zero-order valence-corrected chi connectivity index (χ0v) is 18.0. The molecule has 3 aromatic carbocycles. The van der Waals surface area contributed by atoms with Crippen molar-refractivity contribution >= 4 is 0 Å². The maximum atomic E-state index is 13.6. The normalized spacial score (nSPS) is 13.0. The van der Waals surface area contributed by atoms with Crippen LogP contribution in [0.4, 0.5) is 0 Å². The van der Waals surface area contributed by atoms with Gasteiger partial charge in [-0.2, -0.15) is 5.26 Å². The molecule has 0 spiro atoms. The lowest BCUT2D eigenvalue weighted by Gasteiger charge is -2.15. The van der Waals surface area contributed by atoms with E-state index in [9.17, 15) is 10.1 Å². The van der Waals surface area contributed by atoms with Crippen LogP contribution in [0.15, 0.2) is 83.7 Å². The van der Waals surface area contributed by atoms with E-state index in [-0.39, 0.29) is 5.56 Å². The topological polar surface area (TPSA) is 58.7 Å². The van der Waals surface area contributed by atoms with Crippen LogP contribution in [0.1, 0.15) is 47.0 Å². The third kappa shape index (κ3) is 3.74. The van der Waals surface area contributed by atoms with Gasteiger partial charge in [0.25, 0.3) is 5.56 Å². The average Bonchev–Trinajstić information content (AvgIpc) is 3.67.